The Labute approximate surface area is 125 Å². The van der Waals surface area contributed by atoms with Crippen LogP contribution >= 0.6 is 0 Å². The van der Waals surface area contributed by atoms with Crippen molar-refractivity contribution in [2.24, 2.45) is 5.92 Å². The fourth-order valence-electron chi connectivity index (χ4n) is 2.81. The summed E-state index contributed by atoms with van der Waals surface area (Å²) in [7, 11) is -1.30. The van der Waals surface area contributed by atoms with Gasteiger partial charge in [-0.1, -0.05) is 13.8 Å². The lowest BCUT2D eigenvalue weighted by molar-refractivity contribution is 0.246. The van der Waals surface area contributed by atoms with Crippen LogP contribution < -0.4 is 5.32 Å². The van der Waals surface area contributed by atoms with Gasteiger partial charge >= 0.3 is 0 Å². The van der Waals surface area contributed by atoms with E-state index in [1.54, 1.807) is 11.4 Å². The van der Waals surface area contributed by atoms with Crippen molar-refractivity contribution in [1.82, 2.24) is 9.62 Å². The Bertz CT molecular complexity index is 349. The van der Waals surface area contributed by atoms with Crippen molar-refractivity contribution in [1.29, 1.82) is 0 Å². The van der Waals surface area contributed by atoms with Gasteiger partial charge in [0.15, 0.2) is 0 Å². The van der Waals surface area contributed by atoms with E-state index in [2.05, 4.69) is 19.2 Å². The van der Waals surface area contributed by atoms with E-state index in [-0.39, 0.29) is 6.04 Å². The maximum Gasteiger partial charge on any atom is 0.214 e. The Morgan fingerprint density at radius 2 is 1.75 bits per heavy atom. The first-order valence-corrected chi connectivity index (χ1v) is 9.74. The van der Waals surface area contributed by atoms with Crippen LogP contribution in [0, 0.1) is 5.92 Å². The molecule has 5 heteroatoms. The summed E-state index contributed by atoms with van der Waals surface area (Å²) in [4.78, 5) is 0. The smallest absolute Gasteiger partial charge is 0.214 e. The molecular weight excluding hydrogens is 272 g/mol. The summed E-state index contributed by atoms with van der Waals surface area (Å²) in [6, 6.07) is 0.231. The second-order valence-corrected chi connectivity index (χ2v) is 8.35. The van der Waals surface area contributed by atoms with Crippen LogP contribution in [0.5, 0.6) is 0 Å². The van der Waals surface area contributed by atoms with Crippen LogP contribution in [0.1, 0.15) is 58.8 Å². The van der Waals surface area contributed by atoms with E-state index in [1.807, 2.05) is 0 Å². The molecule has 0 aliphatic heterocycles. The first-order chi connectivity index (χ1) is 9.47. The molecule has 120 valence electrons. The highest BCUT2D eigenvalue weighted by molar-refractivity contribution is 7.89. The van der Waals surface area contributed by atoms with Gasteiger partial charge in [0.25, 0.3) is 0 Å². The average molecular weight is 305 g/mol. The van der Waals surface area contributed by atoms with E-state index in [9.17, 15) is 8.42 Å². The molecule has 1 aliphatic carbocycles. The molecule has 0 heterocycles. The summed E-state index contributed by atoms with van der Waals surface area (Å²) in [5.74, 6) is 1.05. The van der Waals surface area contributed by atoms with Gasteiger partial charge in [-0.2, -0.15) is 0 Å². The van der Waals surface area contributed by atoms with Gasteiger partial charge in [0, 0.05) is 13.1 Å². The number of hydrogen-bond donors (Lipinski definition) is 1. The Hall–Kier alpha value is -0.130. The standard InChI is InChI=1S/C15H32N2O2S/c1-4-11-16-12-5-6-13-20(18,19)17(3)15-9-7-14(2)8-10-15/h14-16H,4-13H2,1-3H3. The molecule has 0 atom stereocenters. The minimum Gasteiger partial charge on any atom is -0.317 e. The zero-order valence-electron chi connectivity index (χ0n) is 13.4. The van der Waals surface area contributed by atoms with Crippen LogP contribution in [0.15, 0.2) is 0 Å². The molecule has 0 amide bonds. The summed E-state index contributed by atoms with van der Waals surface area (Å²) in [6.07, 6.45) is 7.18. The number of rotatable bonds is 9. The van der Waals surface area contributed by atoms with E-state index in [4.69, 9.17) is 0 Å². The molecular formula is C15H32N2O2S. The predicted molar refractivity (Wildman–Crippen MR) is 85.4 cm³/mol. The zero-order chi connectivity index (χ0) is 15.0. The first-order valence-electron chi connectivity index (χ1n) is 8.13. The fourth-order valence-corrected chi connectivity index (χ4v) is 4.34. The Morgan fingerprint density at radius 1 is 1.10 bits per heavy atom. The maximum atomic E-state index is 12.3. The minimum atomic E-state index is -3.06. The lowest BCUT2D eigenvalue weighted by atomic mass is 9.87. The van der Waals surface area contributed by atoms with Gasteiger partial charge in [0.1, 0.15) is 0 Å². The quantitative estimate of drug-likeness (QED) is 0.666. The van der Waals surface area contributed by atoms with E-state index < -0.39 is 10.0 Å². The lowest BCUT2D eigenvalue weighted by Crippen LogP contribution is -2.40. The molecule has 1 N–H and O–H groups in total. The molecule has 0 saturated heterocycles. The monoisotopic (exact) mass is 304 g/mol. The zero-order valence-corrected chi connectivity index (χ0v) is 14.2. The van der Waals surface area contributed by atoms with Crippen molar-refractivity contribution in [2.45, 2.75) is 64.8 Å². The van der Waals surface area contributed by atoms with E-state index in [0.29, 0.717) is 5.75 Å². The maximum absolute atomic E-state index is 12.3. The van der Waals surface area contributed by atoms with Crippen molar-refractivity contribution in [3.8, 4) is 0 Å². The summed E-state index contributed by atoms with van der Waals surface area (Å²) < 4.78 is 26.3. The highest BCUT2D eigenvalue weighted by Gasteiger charge is 2.28. The normalized spacial score (nSPS) is 24.2. The van der Waals surface area contributed by atoms with Crippen LogP contribution in [0.25, 0.3) is 0 Å². The van der Waals surface area contributed by atoms with Gasteiger partial charge in [0.05, 0.1) is 5.75 Å². The molecule has 0 aromatic rings. The van der Waals surface area contributed by atoms with E-state index in [1.165, 1.54) is 0 Å². The molecule has 1 rings (SSSR count). The highest BCUT2D eigenvalue weighted by Crippen LogP contribution is 2.27. The summed E-state index contributed by atoms with van der Waals surface area (Å²) in [6.45, 7) is 6.34. The summed E-state index contributed by atoms with van der Waals surface area (Å²) in [5, 5.41) is 3.31. The first kappa shape index (κ1) is 17.9. The van der Waals surface area contributed by atoms with Crippen LogP contribution in [0.3, 0.4) is 0 Å². The van der Waals surface area contributed by atoms with Crippen LogP contribution in [0.2, 0.25) is 0 Å². The van der Waals surface area contributed by atoms with Crippen molar-refractivity contribution in [3.63, 3.8) is 0 Å². The average Bonchev–Trinajstić information content (AvgIpc) is 2.43. The van der Waals surface area contributed by atoms with E-state index in [0.717, 1.165) is 64.0 Å². The number of nitrogens with one attached hydrogen (secondary N) is 1. The number of nitrogens with zero attached hydrogens (tertiary/aromatic N) is 1. The molecule has 20 heavy (non-hydrogen) atoms. The lowest BCUT2D eigenvalue weighted by Gasteiger charge is -2.32. The van der Waals surface area contributed by atoms with Gasteiger partial charge in [-0.3, -0.25) is 0 Å². The Morgan fingerprint density at radius 3 is 2.35 bits per heavy atom. The van der Waals surface area contributed by atoms with Gasteiger partial charge < -0.3 is 5.32 Å². The molecule has 1 fully saturated rings. The molecule has 0 spiro atoms. The number of sulfonamides is 1. The molecule has 0 aromatic heterocycles. The van der Waals surface area contributed by atoms with Crippen LogP contribution in [-0.4, -0.2) is 44.7 Å². The molecule has 1 saturated carbocycles. The number of hydrogen-bond acceptors (Lipinski definition) is 3. The SMILES string of the molecule is CCCNCCCCS(=O)(=O)N(C)C1CCC(C)CC1. The molecule has 0 radical (unpaired) electrons. The molecule has 0 aromatic carbocycles. The van der Waals surface area contributed by atoms with Gasteiger partial charge in [-0.05, 0) is 64.0 Å². The third-order valence-electron chi connectivity index (χ3n) is 4.37. The van der Waals surface area contributed by atoms with Crippen molar-refractivity contribution in [2.75, 3.05) is 25.9 Å². The predicted octanol–water partition coefficient (Wildman–Crippen LogP) is 2.61. The highest BCUT2D eigenvalue weighted by atomic mass is 32.2. The second kappa shape index (κ2) is 9.00. The minimum absolute atomic E-state index is 0.231. The third kappa shape index (κ3) is 6.10. The summed E-state index contributed by atoms with van der Waals surface area (Å²) in [5.41, 5.74) is 0. The number of unbranched alkanes of at least 4 members (excludes halogenated alkanes) is 1. The van der Waals surface area contributed by atoms with Crippen LogP contribution in [-0.2, 0) is 10.0 Å². The Balaban J connectivity index is 2.28. The van der Waals surface area contributed by atoms with Crippen molar-refractivity contribution >= 4 is 10.0 Å². The van der Waals surface area contributed by atoms with Crippen LogP contribution in [0.4, 0.5) is 0 Å². The summed E-state index contributed by atoms with van der Waals surface area (Å²) >= 11 is 0. The van der Waals surface area contributed by atoms with Gasteiger partial charge in [-0.15, -0.1) is 0 Å². The third-order valence-corrected chi connectivity index (χ3v) is 6.35. The molecule has 1 aliphatic rings. The van der Waals surface area contributed by atoms with Gasteiger partial charge in [0.2, 0.25) is 10.0 Å². The topological polar surface area (TPSA) is 49.4 Å². The van der Waals surface area contributed by atoms with Crippen molar-refractivity contribution in [3.05, 3.63) is 0 Å². The Kier molecular flexibility index (Phi) is 8.07. The van der Waals surface area contributed by atoms with Crippen molar-refractivity contribution < 1.29 is 8.42 Å². The molecule has 0 unspecified atom stereocenters. The molecule has 0 bridgehead atoms. The molecule has 4 nitrogen and oxygen atoms in total. The van der Waals surface area contributed by atoms with Gasteiger partial charge in [-0.25, -0.2) is 12.7 Å². The largest absolute Gasteiger partial charge is 0.317 e. The second-order valence-electron chi connectivity index (χ2n) is 6.20. The van der Waals surface area contributed by atoms with E-state index >= 15 is 0 Å². The fraction of sp³-hybridized carbons (Fsp3) is 1.00.